The van der Waals surface area contributed by atoms with Gasteiger partial charge in [0.15, 0.2) is 0 Å². The van der Waals surface area contributed by atoms with E-state index in [9.17, 15) is 17.6 Å². The van der Waals surface area contributed by atoms with Gasteiger partial charge in [-0.05, 0) is 36.6 Å². The van der Waals surface area contributed by atoms with Crippen molar-refractivity contribution in [2.45, 2.75) is 18.9 Å². The van der Waals surface area contributed by atoms with E-state index in [-0.39, 0.29) is 23.5 Å². The molecule has 0 radical (unpaired) electrons. The van der Waals surface area contributed by atoms with E-state index < -0.39 is 9.84 Å². The highest BCUT2D eigenvalue weighted by Crippen LogP contribution is 2.11. The molecule has 1 heterocycles. The lowest BCUT2D eigenvalue weighted by Gasteiger charge is -2.31. The lowest BCUT2D eigenvalue weighted by atomic mass is 10.1. The molecule has 2 rings (SSSR count). The Balaban J connectivity index is 1.74. The van der Waals surface area contributed by atoms with Crippen molar-refractivity contribution in [2.75, 3.05) is 31.6 Å². The van der Waals surface area contributed by atoms with Gasteiger partial charge in [0.2, 0.25) is 5.91 Å². The highest BCUT2D eigenvalue weighted by Gasteiger charge is 2.20. The van der Waals surface area contributed by atoms with E-state index in [2.05, 4.69) is 10.2 Å². The maximum Gasteiger partial charge on any atom is 0.244 e. The van der Waals surface area contributed by atoms with Crippen LogP contribution in [0.1, 0.15) is 18.4 Å². The molecule has 0 unspecified atom stereocenters. The second kappa shape index (κ2) is 8.39. The number of nitrogens with one attached hydrogen (secondary N) is 1. The third kappa shape index (κ3) is 6.80. The molecule has 24 heavy (non-hydrogen) atoms. The van der Waals surface area contributed by atoms with Gasteiger partial charge in [-0.3, -0.25) is 4.79 Å². The molecule has 0 bridgehead atoms. The fraction of sp³-hybridized carbons (Fsp3) is 0.471. The van der Waals surface area contributed by atoms with E-state index in [1.807, 2.05) is 0 Å². The zero-order chi connectivity index (χ0) is 17.6. The van der Waals surface area contributed by atoms with Gasteiger partial charge in [0.25, 0.3) is 0 Å². The molecule has 0 aromatic heterocycles. The summed E-state index contributed by atoms with van der Waals surface area (Å²) in [6, 6.07) is 6.13. The summed E-state index contributed by atoms with van der Waals surface area (Å²) >= 11 is 0. The van der Waals surface area contributed by atoms with Crippen molar-refractivity contribution >= 4 is 21.8 Å². The number of hydrogen-bond donors (Lipinski definition) is 1. The monoisotopic (exact) mass is 354 g/mol. The number of carbonyl (C=O) groups is 1. The molecule has 1 aromatic rings. The summed E-state index contributed by atoms with van der Waals surface area (Å²) < 4.78 is 35.4. The van der Waals surface area contributed by atoms with Gasteiger partial charge >= 0.3 is 0 Å². The van der Waals surface area contributed by atoms with Crippen molar-refractivity contribution in [1.82, 2.24) is 10.2 Å². The van der Waals surface area contributed by atoms with Crippen molar-refractivity contribution in [3.8, 4) is 0 Å². The maximum absolute atomic E-state index is 13.1. The standard InChI is InChI=1S/C17H23FN2O3S/c1-24(22,23)12-11-20-9-7-16(8-10-20)19-17(21)6-5-14-3-2-4-15(18)13-14/h2-6,13,16H,7-12H2,1H3,(H,19,21). The van der Waals surface area contributed by atoms with Crippen molar-refractivity contribution < 1.29 is 17.6 Å². The fourth-order valence-electron chi connectivity index (χ4n) is 2.63. The Morgan fingerprint density at radius 1 is 1.38 bits per heavy atom. The molecule has 0 aliphatic carbocycles. The van der Waals surface area contributed by atoms with Crippen LogP contribution in [0.2, 0.25) is 0 Å². The van der Waals surface area contributed by atoms with E-state index >= 15 is 0 Å². The summed E-state index contributed by atoms with van der Waals surface area (Å²) in [5.74, 6) is -0.367. The second-order valence-electron chi connectivity index (χ2n) is 6.14. The first-order valence-electron chi connectivity index (χ1n) is 7.96. The SMILES string of the molecule is CS(=O)(=O)CCN1CCC(NC(=O)C=Cc2cccc(F)c2)CC1. The summed E-state index contributed by atoms with van der Waals surface area (Å²) in [4.78, 5) is 14.0. The number of likely N-dealkylation sites (tertiary alicyclic amines) is 1. The van der Waals surface area contributed by atoms with E-state index in [4.69, 9.17) is 0 Å². The van der Waals surface area contributed by atoms with E-state index in [0.29, 0.717) is 12.1 Å². The van der Waals surface area contributed by atoms with Crippen molar-refractivity contribution in [3.05, 3.63) is 41.7 Å². The van der Waals surface area contributed by atoms with Gasteiger partial charge in [0, 0.05) is 38.0 Å². The number of amides is 1. The number of carbonyl (C=O) groups excluding carboxylic acids is 1. The maximum atomic E-state index is 13.1. The Morgan fingerprint density at radius 2 is 2.08 bits per heavy atom. The molecule has 1 N–H and O–H groups in total. The predicted molar refractivity (Wildman–Crippen MR) is 92.7 cm³/mol. The summed E-state index contributed by atoms with van der Waals surface area (Å²) in [7, 11) is -2.94. The van der Waals surface area contributed by atoms with E-state index in [0.717, 1.165) is 25.9 Å². The van der Waals surface area contributed by atoms with Gasteiger partial charge in [0.05, 0.1) is 5.75 Å². The van der Waals surface area contributed by atoms with Crippen LogP contribution in [0, 0.1) is 5.82 Å². The summed E-state index contributed by atoms with van der Waals surface area (Å²) in [5, 5.41) is 2.93. The van der Waals surface area contributed by atoms with Crippen LogP contribution in [-0.2, 0) is 14.6 Å². The Kier molecular flexibility index (Phi) is 6.51. The molecule has 1 aliphatic rings. The molecule has 1 saturated heterocycles. The van der Waals surface area contributed by atoms with Gasteiger partial charge in [-0.15, -0.1) is 0 Å². The summed E-state index contributed by atoms with van der Waals surface area (Å²) in [6.07, 6.45) is 5.82. The Hall–Kier alpha value is -1.73. The Labute approximate surface area is 142 Å². The average molecular weight is 354 g/mol. The predicted octanol–water partition coefficient (Wildman–Crippen LogP) is 1.46. The van der Waals surface area contributed by atoms with E-state index in [1.54, 1.807) is 18.2 Å². The molecular formula is C17H23FN2O3S. The molecule has 0 saturated carbocycles. The van der Waals surface area contributed by atoms with E-state index in [1.165, 1.54) is 24.5 Å². The average Bonchev–Trinajstić information content (AvgIpc) is 2.52. The molecule has 5 nitrogen and oxygen atoms in total. The van der Waals surface area contributed by atoms with Gasteiger partial charge in [-0.1, -0.05) is 12.1 Å². The molecule has 0 spiro atoms. The zero-order valence-corrected chi connectivity index (χ0v) is 14.6. The molecule has 1 fully saturated rings. The quantitative estimate of drug-likeness (QED) is 0.786. The molecule has 132 valence electrons. The zero-order valence-electron chi connectivity index (χ0n) is 13.7. The van der Waals surface area contributed by atoms with Gasteiger partial charge in [0.1, 0.15) is 15.7 Å². The van der Waals surface area contributed by atoms with Crippen LogP contribution in [0.25, 0.3) is 6.08 Å². The first-order chi connectivity index (χ1) is 11.3. The molecule has 1 aromatic carbocycles. The fourth-order valence-corrected chi connectivity index (χ4v) is 3.22. The number of sulfone groups is 1. The number of nitrogens with zero attached hydrogens (tertiary/aromatic N) is 1. The number of rotatable bonds is 6. The van der Waals surface area contributed by atoms with Crippen LogP contribution in [0.4, 0.5) is 4.39 Å². The smallest absolute Gasteiger partial charge is 0.244 e. The minimum absolute atomic E-state index is 0.0872. The number of benzene rings is 1. The lowest BCUT2D eigenvalue weighted by Crippen LogP contribution is -2.45. The van der Waals surface area contributed by atoms with Crippen LogP contribution < -0.4 is 5.32 Å². The summed E-state index contributed by atoms with van der Waals surface area (Å²) in [5.41, 5.74) is 0.640. The normalized spacial score (nSPS) is 17.2. The Morgan fingerprint density at radius 3 is 2.71 bits per heavy atom. The number of piperidine rings is 1. The van der Waals surface area contributed by atoms with Crippen LogP contribution >= 0.6 is 0 Å². The van der Waals surface area contributed by atoms with Crippen molar-refractivity contribution in [2.24, 2.45) is 0 Å². The Bertz CT molecular complexity index is 696. The lowest BCUT2D eigenvalue weighted by molar-refractivity contribution is -0.117. The van der Waals surface area contributed by atoms with Gasteiger partial charge in [-0.2, -0.15) is 0 Å². The third-order valence-corrected chi connectivity index (χ3v) is 4.91. The van der Waals surface area contributed by atoms with Gasteiger partial charge in [-0.25, -0.2) is 12.8 Å². The second-order valence-corrected chi connectivity index (χ2v) is 8.40. The first kappa shape index (κ1) is 18.6. The van der Waals surface area contributed by atoms with Gasteiger partial charge < -0.3 is 10.2 Å². The highest BCUT2D eigenvalue weighted by molar-refractivity contribution is 7.90. The minimum atomic E-state index is -2.94. The number of hydrogen-bond acceptors (Lipinski definition) is 4. The minimum Gasteiger partial charge on any atom is -0.350 e. The van der Waals surface area contributed by atoms with Crippen LogP contribution in [0.5, 0.6) is 0 Å². The molecule has 1 aliphatic heterocycles. The third-order valence-electron chi connectivity index (χ3n) is 3.99. The first-order valence-corrected chi connectivity index (χ1v) is 10.0. The molecule has 1 amide bonds. The van der Waals surface area contributed by atoms with Crippen molar-refractivity contribution in [1.29, 1.82) is 0 Å². The number of halogens is 1. The van der Waals surface area contributed by atoms with Crippen LogP contribution in [0.15, 0.2) is 30.3 Å². The van der Waals surface area contributed by atoms with Crippen LogP contribution in [0.3, 0.4) is 0 Å². The van der Waals surface area contributed by atoms with Crippen molar-refractivity contribution in [3.63, 3.8) is 0 Å². The molecular weight excluding hydrogens is 331 g/mol. The molecule has 0 atom stereocenters. The topological polar surface area (TPSA) is 66.5 Å². The van der Waals surface area contributed by atoms with Crippen LogP contribution in [-0.4, -0.2) is 56.9 Å². The summed E-state index contributed by atoms with van der Waals surface area (Å²) in [6.45, 7) is 2.08. The highest BCUT2D eigenvalue weighted by atomic mass is 32.2. The largest absolute Gasteiger partial charge is 0.350 e. The molecule has 7 heteroatoms.